The summed E-state index contributed by atoms with van der Waals surface area (Å²) in [5, 5.41) is 2.70. The highest BCUT2D eigenvalue weighted by Crippen LogP contribution is 2.48. The SMILES string of the molecule is O=C(Nc1cc(C(F)(F)F)ccc1Cl)C1CC2CCC1C2. The van der Waals surface area contributed by atoms with E-state index in [1.54, 1.807) is 0 Å². The maximum Gasteiger partial charge on any atom is 0.416 e. The molecule has 2 bridgehead atoms. The second kappa shape index (κ2) is 5.20. The van der Waals surface area contributed by atoms with E-state index in [1.807, 2.05) is 0 Å². The van der Waals surface area contributed by atoms with Crippen LogP contribution in [0.1, 0.15) is 31.2 Å². The van der Waals surface area contributed by atoms with Gasteiger partial charge < -0.3 is 5.32 Å². The number of hydrogen-bond donors (Lipinski definition) is 1. The highest BCUT2D eigenvalue weighted by molar-refractivity contribution is 6.33. The zero-order chi connectivity index (χ0) is 15.2. The Kier molecular flexibility index (Phi) is 3.64. The number of carbonyl (C=O) groups is 1. The third kappa shape index (κ3) is 2.89. The lowest BCUT2D eigenvalue weighted by molar-refractivity contribution is -0.137. The molecule has 1 N–H and O–H groups in total. The molecule has 114 valence electrons. The van der Waals surface area contributed by atoms with Gasteiger partial charge in [0.05, 0.1) is 16.3 Å². The van der Waals surface area contributed by atoms with Gasteiger partial charge in [-0.15, -0.1) is 0 Å². The highest BCUT2D eigenvalue weighted by Gasteiger charge is 2.43. The van der Waals surface area contributed by atoms with Crippen molar-refractivity contribution < 1.29 is 18.0 Å². The molecule has 6 heteroatoms. The van der Waals surface area contributed by atoms with Crippen LogP contribution in [0, 0.1) is 17.8 Å². The molecule has 2 aliphatic carbocycles. The Bertz CT molecular complexity index is 573. The molecular formula is C15H15ClF3NO. The highest BCUT2D eigenvalue weighted by atomic mass is 35.5. The van der Waals surface area contributed by atoms with Gasteiger partial charge in [0.15, 0.2) is 0 Å². The molecule has 0 spiro atoms. The Labute approximate surface area is 125 Å². The van der Waals surface area contributed by atoms with Crippen molar-refractivity contribution in [3.05, 3.63) is 28.8 Å². The summed E-state index contributed by atoms with van der Waals surface area (Å²) in [4.78, 5) is 12.3. The van der Waals surface area contributed by atoms with Gasteiger partial charge in [-0.1, -0.05) is 18.0 Å². The molecule has 1 aromatic rings. The van der Waals surface area contributed by atoms with Crippen molar-refractivity contribution in [2.45, 2.75) is 31.9 Å². The number of rotatable bonds is 2. The van der Waals surface area contributed by atoms with Gasteiger partial charge in [0.1, 0.15) is 0 Å². The maximum absolute atomic E-state index is 12.7. The van der Waals surface area contributed by atoms with Gasteiger partial charge in [-0.2, -0.15) is 13.2 Å². The van der Waals surface area contributed by atoms with E-state index in [2.05, 4.69) is 5.32 Å². The molecule has 0 aromatic heterocycles. The van der Waals surface area contributed by atoms with Crippen LogP contribution in [0.2, 0.25) is 5.02 Å². The Balaban J connectivity index is 1.76. The van der Waals surface area contributed by atoms with Gasteiger partial charge in [0, 0.05) is 5.92 Å². The van der Waals surface area contributed by atoms with Crippen molar-refractivity contribution in [1.29, 1.82) is 0 Å². The quantitative estimate of drug-likeness (QED) is 0.839. The third-order valence-electron chi connectivity index (χ3n) is 4.63. The first-order valence-corrected chi connectivity index (χ1v) is 7.40. The van der Waals surface area contributed by atoms with E-state index in [-0.39, 0.29) is 22.5 Å². The number of halogens is 4. The van der Waals surface area contributed by atoms with Crippen LogP contribution in [0.3, 0.4) is 0 Å². The smallest absolute Gasteiger partial charge is 0.325 e. The number of carbonyl (C=O) groups excluding carboxylic acids is 1. The van der Waals surface area contributed by atoms with Gasteiger partial charge in [0.25, 0.3) is 0 Å². The van der Waals surface area contributed by atoms with Crippen molar-refractivity contribution in [1.82, 2.24) is 0 Å². The molecule has 2 aliphatic rings. The van der Waals surface area contributed by atoms with Crippen molar-refractivity contribution in [2.24, 2.45) is 17.8 Å². The molecule has 3 atom stereocenters. The predicted molar refractivity (Wildman–Crippen MR) is 74.0 cm³/mol. The van der Waals surface area contributed by atoms with Crippen LogP contribution in [0.5, 0.6) is 0 Å². The fourth-order valence-corrected chi connectivity index (χ4v) is 3.75. The lowest BCUT2D eigenvalue weighted by Gasteiger charge is -2.21. The average Bonchev–Trinajstić information content (AvgIpc) is 3.02. The van der Waals surface area contributed by atoms with Crippen LogP contribution in [0.25, 0.3) is 0 Å². The minimum Gasteiger partial charge on any atom is -0.325 e. The second-order valence-electron chi connectivity index (χ2n) is 5.96. The summed E-state index contributed by atoms with van der Waals surface area (Å²) in [6.45, 7) is 0. The molecule has 3 rings (SSSR count). The third-order valence-corrected chi connectivity index (χ3v) is 4.96. The Morgan fingerprint density at radius 2 is 2.00 bits per heavy atom. The Morgan fingerprint density at radius 3 is 2.57 bits per heavy atom. The molecule has 3 unspecified atom stereocenters. The lowest BCUT2D eigenvalue weighted by Crippen LogP contribution is -2.27. The molecule has 21 heavy (non-hydrogen) atoms. The van der Waals surface area contributed by atoms with E-state index in [1.165, 1.54) is 12.5 Å². The molecule has 2 fully saturated rings. The number of alkyl halides is 3. The van der Waals surface area contributed by atoms with Gasteiger partial charge in [-0.05, 0) is 49.3 Å². The van der Waals surface area contributed by atoms with Crippen molar-refractivity contribution >= 4 is 23.2 Å². The van der Waals surface area contributed by atoms with Gasteiger partial charge >= 0.3 is 6.18 Å². The van der Waals surface area contributed by atoms with Crippen LogP contribution in [0.15, 0.2) is 18.2 Å². The molecule has 0 radical (unpaired) electrons. The van der Waals surface area contributed by atoms with Crippen LogP contribution in [0.4, 0.5) is 18.9 Å². The van der Waals surface area contributed by atoms with Crippen molar-refractivity contribution in [3.63, 3.8) is 0 Å². The molecule has 1 aromatic carbocycles. The van der Waals surface area contributed by atoms with Crippen LogP contribution in [-0.4, -0.2) is 5.91 Å². The largest absolute Gasteiger partial charge is 0.416 e. The fourth-order valence-electron chi connectivity index (χ4n) is 3.59. The first-order chi connectivity index (χ1) is 9.84. The summed E-state index contributed by atoms with van der Waals surface area (Å²) in [5.74, 6) is 0.681. The Morgan fingerprint density at radius 1 is 1.24 bits per heavy atom. The van der Waals surface area contributed by atoms with E-state index in [0.29, 0.717) is 11.8 Å². The number of nitrogens with one attached hydrogen (secondary N) is 1. The number of hydrogen-bond acceptors (Lipinski definition) is 1. The Hall–Kier alpha value is -1.23. The zero-order valence-corrected chi connectivity index (χ0v) is 12.0. The van der Waals surface area contributed by atoms with Gasteiger partial charge in [0.2, 0.25) is 5.91 Å². The van der Waals surface area contributed by atoms with E-state index in [0.717, 1.165) is 31.4 Å². The summed E-state index contributed by atoms with van der Waals surface area (Å²) >= 11 is 5.89. The summed E-state index contributed by atoms with van der Waals surface area (Å²) < 4.78 is 38.1. The van der Waals surface area contributed by atoms with Gasteiger partial charge in [-0.3, -0.25) is 4.79 Å². The molecular weight excluding hydrogens is 303 g/mol. The molecule has 0 saturated heterocycles. The van der Waals surface area contributed by atoms with Crippen LogP contribution in [-0.2, 0) is 11.0 Å². The zero-order valence-electron chi connectivity index (χ0n) is 11.2. The minimum absolute atomic E-state index is 0.0410. The summed E-state index contributed by atoms with van der Waals surface area (Å²) in [5.41, 5.74) is -0.769. The first-order valence-electron chi connectivity index (χ1n) is 7.02. The van der Waals surface area contributed by atoms with Crippen molar-refractivity contribution in [3.8, 4) is 0 Å². The average molecular weight is 318 g/mol. The molecule has 0 aliphatic heterocycles. The lowest BCUT2D eigenvalue weighted by atomic mass is 9.88. The van der Waals surface area contributed by atoms with E-state index in [4.69, 9.17) is 11.6 Å². The van der Waals surface area contributed by atoms with Gasteiger partial charge in [-0.25, -0.2) is 0 Å². The summed E-state index contributed by atoms with van der Waals surface area (Å²) in [7, 11) is 0. The topological polar surface area (TPSA) is 29.1 Å². The van der Waals surface area contributed by atoms with Crippen LogP contribution < -0.4 is 5.32 Å². The van der Waals surface area contributed by atoms with E-state index < -0.39 is 11.7 Å². The molecule has 0 heterocycles. The second-order valence-corrected chi connectivity index (χ2v) is 6.37. The normalized spacial score (nSPS) is 27.9. The number of anilines is 1. The van der Waals surface area contributed by atoms with E-state index in [9.17, 15) is 18.0 Å². The number of amides is 1. The van der Waals surface area contributed by atoms with E-state index >= 15 is 0 Å². The predicted octanol–water partition coefficient (Wildman–Crippen LogP) is 4.73. The maximum atomic E-state index is 12.7. The van der Waals surface area contributed by atoms with Crippen molar-refractivity contribution in [2.75, 3.05) is 5.32 Å². The molecule has 2 nitrogen and oxygen atoms in total. The fraction of sp³-hybridized carbons (Fsp3) is 0.533. The number of benzene rings is 1. The monoisotopic (exact) mass is 317 g/mol. The molecule has 2 saturated carbocycles. The molecule has 1 amide bonds. The standard InChI is InChI=1S/C15H15ClF3NO/c16-12-4-3-10(15(17,18)19)7-13(12)20-14(21)11-6-8-1-2-9(11)5-8/h3-4,7-9,11H,1-2,5-6H2,(H,20,21). The minimum atomic E-state index is -4.45. The first kappa shape index (κ1) is 14.7. The van der Waals surface area contributed by atoms with Crippen LogP contribution >= 0.6 is 11.6 Å². The summed E-state index contributed by atoms with van der Waals surface area (Å²) in [6, 6.07) is 2.98. The summed E-state index contributed by atoms with van der Waals surface area (Å²) in [6.07, 6.45) is -0.337. The number of fused-ring (bicyclic) bond motifs is 2.